The molecule has 1 aliphatic rings. The zero-order chi connectivity index (χ0) is 14.2. The van der Waals surface area contributed by atoms with Crippen molar-refractivity contribution in [3.8, 4) is 0 Å². The second-order valence-corrected chi connectivity index (χ2v) is 9.58. The molecule has 8 heteroatoms. The smallest absolute Gasteiger partial charge is 0.252 e. The van der Waals surface area contributed by atoms with E-state index in [0.717, 1.165) is 24.2 Å². The zero-order valence-electron chi connectivity index (χ0n) is 10.3. The Morgan fingerprint density at radius 2 is 2.37 bits per heavy atom. The van der Waals surface area contributed by atoms with Crippen molar-refractivity contribution in [2.75, 3.05) is 6.54 Å². The molecule has 4 nitrogen and oxygen atoms in total. The first-order valence-corrected chi connectivity index (χ1v) is 9.40. The summed E-state index contributed by atoms with van der Waals surface area (Å²) in [6, 6.07) is 1.35. The van der Waals surface area contributed by atoms with Crippen LogP contribution in [0.15, 0.2) is 14.1 Å². The molecule has 0 saturated carbocycles. The second-order valence-electron chi connectivity index (χ2n) is 4.68. The van der Waals surface area contributed by atoms with Crippen LogP contribution in [0.5, 0.6) is 0 Å². The van der Waals surface area contributed by atoms with Crippen molar-refractivity contribution in [3.05, 3.63) is 14.9 Å². The van der Waals surface area contributed by atoms with Gasteiger partial charge in [-0.15, -0.1) is 11.3 Å². The van der Waals surface area contributed by atoms with Gasteiger partial charge in [0, 0.05) is 12.6 Å². The van der Waals surface area contributed by atoms with Crippen LogP contribution in [-0.2, 0) is 10.0 Å². The standard InChI is InChI=1S/C11H15BrClNO3S2/c1-7(15)5-8-3-2-4-14(8)19(16,17)10-6-9(13)11(12)18-10/h6-8,15H,2-5H2,1H3. The maximum absolute atomic E-state index is 12.6. The van der Waals surface area contributed by atoms with Crippen molar-refractivity contribution in [1.29, 1.82) is 0 Å². The van der Waals surface area contributed by atoms with E-state index in [4.69, 9.17) is 11.6 Å². The summed E-state index contributed by atoms with van der Waals surface area (Å²) in [4.78, 5) is 0. The molecule has 1 aromatic heterocycles. The summed E-state index contributed by atoms with van der Waals surface area (Å²) >= 11 is 10.3. The molecule has 108 valence electrons. The van der Waals surface area contributed by atoms with Gasteiger partial charge in [0.15, 0.2) is 0 Å². The fourth-order valence-electron chi connectivity index (χ4n) is 2.32. The normalized spacial score (nSPS) is 22.8. The van der Waals surface area contributed by atoms with Gasteiger partial charge < -0.3 is 5.11 Å². The minimum Gasteiger partial charge on any atom is -0.393 e. The van der Waals surface area contributed by atoms with Crippen LogP contribution in [0.25, 0.3) is 0 Å². The van der Waals surface area contributed by atoms with Crippen molar-refractivity contribution >= 4 is 48.9 Å². The zero-order valence-corrected chi connectivity index (χ0v) is 14.3. The van der Waals surface area contributed by atoms with Crippen molar-refractivity contribution in [2.24, 2.45) is 0 Å². The van der Waals surface area contributed by atoms with E-state index in [9.17, 15) is 13.5 Å². The monoisotopic (exact) mass is 387 g/mol. The third-order valence-electron chi connectivity index (χ3n) is 3.12. The van der Waals surface area contributed by atoms with Crippen LogP contribution in [0, 0.1) is 0 Å². The molecule has 0 bridgehead atoms. The van der Waals surface area contributed by atoms with Gasteiger partial charge in [-0.3, -0.25) is 0 Å². The Kier molecular flexibility index (Phi) is 4.96. The molecule has 19 heavy (non-hydrogen) atoms. The summed E-state index contributed by atoms with van der Waals surface area (Å²) in [6.07, 6.45) is 1.60. The number of aliphatic hydroxyl groups is 1. The van der Waals surface area contributed by atoms with E-state index >= 15 is 0 Å². The minimum atomic E-state index is -3.51. The summed E-state index contributed by atoms with van der Waals surface area (Å²) in [6.45, 7) is 2.19. The van der Waals surface area contributed by atoms with Crippen LogP contribution in [0.2, 0.25) is 5.02 Å². The molecule has 1 fully saturated rings. The summed E-state index contributed by atoms with van der Waals surface area (Å²) in [5.41, 5.74) is 0. The molecule has 0 amide bonds. The van der Waals surface area contributed by atoms with Crippen LogP contribution in [0.3, 0.4) is 0 Å². The van der Waals surface area contributed by atoms with E-state index in [0.29, 0.717) is 21.8 Å². The molecule has 1 saturated heterocycles. The van der Waals surface area contributed by atoms with E-state index in [1.165, 1.54) is 10.4 Å². The van der Waals surface area contributed by atoms with Gasteiger partial charge in [-0.05, 0) is 48.2 Å². The van der Waals surface area contributed by atoms with Gasteiger partial charge in [-0.1, -0.05) is 11.6 Å². The van der Waals surface area contributed by atoms with Gasteiger partial charge in [0.25, 0.3) is 10.0 Å². The van der Waals surface area contributed by atoms with E-state index in [2.05, 4.69) is 15.9 Å². The number of aliphatic hydroxyl groups excluding tert-OH is 1. The Morgan fingerprint density at radius 1 is 1.68 bits per heavy atom. The highest BCUT2D eigenvalue weighted by Gasteiger charge is 2.36. The molecule has 2 heterocycles. The molecule has 0 aliphatic carbocycles. The van der Waals surface area contributed by atoms with Crippen LogP contribution >= 0.6 is 38.9 Å². The molecular weight excluding hydrogens is 374 g/mol. The second kappa shape index (κ2) is 5.99. The quantitative estimate of drug-likeness (QED) is 0.862. The number of sulfonamides is 1. The van der Waals surface area contributed by atoms with Gasteiger partial charge in [-0.25, -0.2) is 8.42 Å². The van der Waals surface area contributed by atoms with Gasteiger partial charge >= 0.3 is 0 Å². The maximum atomic E-state index is 12.6. The minimum absolute atomic E-state index is 0.121. The molecule has 1 aromatic rings. The summed E-state index contributed by atoms with van der Waals surface area (Å²) in [5, 5.41) is 9.88. The number of rotatable bonds is 4. The fraction of sp³-hybridized carbons (Fsp3) is 0.636. The van der Waals surface area contributed by atoms with Crippen molar-refractivity contribution < 1.29 is 13.5 Å². The topological polar surface area (TPSA) is 57.6 Å². The van der Waals surface area contributed by atoms with Crippen LogP contribution in [0.1, 0.15) is 26.2 Å². The Bertz CT molecular complexity index is 539. The number of nitrogens with zero attached hydrogens (tertiary/aromatic N) is 1. The largest absolute Gasteiger partial charge is 0.393 e. The lowest BCUT2D eigenvalue weighted by Gasteiger charge is -2.24. The molecule has 0 aromatic carbocycles. The van der Waals surface area contributed by atoms with Crippen molar-refractivity contribution in [2.45, 2.75) is 42.5 Å². The molecule has 2 unspecified atom stereocenters. The number of hydrogen-bond donors (Lipinski definition) is 1. The third kappa shape index (κ3) is 3.33. The maximum Gasteiger partial charge on any atom is 0.252 e. The first kappa shape index (κ1) is 15.7. The summed E-state index contributed by atoms with van der Waals surface area (Å²) in [5.74, 6) is 0. The lowest BCUT2D eigenvalue weighted by Crippen LogP contribution is -2.36. The highest BCUT2D eigenvalue weighted by atomic mass is 79.9. The van der Waals surface area contributed by atoms with Crippen molar-refractivity contribution in [3.63, 3.8) is 0 Å². The van der Waals surface area contributed by atoms with Crippen LogP contribution in [0.4, 0.5) is 0 Å². The number of hydrogen-bond acceptors (Lipinski definition) is 4. The van der Waals surface area contributed by atoms with E-state index in [-0.39, 0.29) is 10.3 Å². The predicted octanol–water partition coefficient (Wildman–Crippen LogP) is 3.09. The first-order valence-electron chi connectivity index (χ1n) is 5.97. The predicted molar refractivity (Wildman–Crippen MR) is 80.2 cm³/mol. The third-order valence-corrected chi connectivity index (χ3v) is 8.00. The van der Waals surface area contributed by atoms with E-state index < -0.39 is 16.1 Å². The van der Waals surface area contributed by atoms with Crippen LogP contribution in [-0.4, -0.2) is 36.5 Å². The molecule has 1 aliphatic heterocycles. The SMILES string of the molecule is CC(O)CC1CCCN1S(=O)(=O)c1cc(Cl)c(Br)s1. The molecule has 2 rings (SSSR count). The van der Waals surface area contributed by atoms with Gasteiger partial charge in [-0.2, -0.15) is 4.31 Å². The number of thiophene rings is 1. The number of halogens is 2. The highest BCUT2D eigenvalue weighted by molar-refractivity contribution is 9.11. The highest BCUT2D eigenvalue weighted by Crippen LogP contribution is 2.38. The van der Waals surface area contributed by atoms with Crippen molar-refractivity contribution in [1.82, 2.24) is 4.31 Å². The van der Waals surface area contributed by atoms with Crippen LogP contribution < -0.4 is 0 Å². The Balaban J connectivity index is 2.28. The Hall–Kier alpha value is 0.340. The van der Waals surface area contributed by atoms with Gasteiger partial charge in [0.1, 0.15) is 4.21 Å². The fourth-order valence-corrected chi connectivity index (χ4v) is 6.56. The van der Waals surface area contributed by atoms with E-state index in [1.807, 2.05) is 0 Å². The Labute approximate surface area is 130 Å². The molecule has 2 atom stereocenters. The lowest BCUT2D eigenvalue weighted by atomic mass is 10.1. The van der Waals surface area contributed by atoms with Gasteiger partial charge in [0.2, 0.25) is 0 Å². The molecule has 1 N–H and O–H groups in total. The molecular formula is C11H15BrClNO3S2. The lowest BCUT2D eigenvalue weighted by molar-refractivity contribution is 0.158. The molecule has 0 spiro atoms. The average Bonchev–Trinajstić information content (AvgIpc) is 2.87. The Morgan fingerprint density at radius 3 is 2.89 bits per heavy atom. The van der Waals surface area contributed by atoms with E-state index in [1.54, 1.807) is 6.92 Å². The first-order chi connectivity index (χ1) is 8.82. The summed E-state index contributed by atoms with van der Waals surface area (Å²) < 4.78 is 27.5. The molecule has 0 radical (unpaired) electrons. The van der Waals surface area contributed by atoms with Gasteiger partial charge in [0.05, 0.1) is 14.9 Å². The average molecular weight is 389 g/mol. The summed E-state index contributed by atoms with van der Waals surface area (Å²) in [7, 11) is -3.51.